The number of hydrogen-bond acceptors (Lipinski definition) is 5. The van der Waals surface area contributed by atoms with Crippen molar-refractivity contribution in [2.45, 2.75) is 52.6 Å². The molecule has 0 aliphatic carbocycles. The lowest BCUT2D eigenvalue weighted by atomic mass is 10.1. The maximum atomic E-state index is 13.7. The predicted molar refractivity (Wildman–Crippen MR) is 169 cm³/mol. The van der Waals surface area contributed by atoms with Crippen molar-refractivity contribution < 1.29 is 13.9 Å². The molecule has 1 atom stereocenters. The van der Waals surface area contributed by atoms with E-state index in [-0.39, 0.29) is 24.4 Å². The highest BCUT2D eigenvalue weighted by molar-refractivity contribution is 5.88. The number of aryl methyl sites for hydroxylation is 1. The first-order valence-corrected chi connectivity index (χ1v) is 14.0. The zero-order valence-electron chi connectivity index (χ0n) is 25.2. The Morgan fingerprint density at radius 3 is 2.69 bits per heavy atom. The van der Waals surface area contributed by atoms with Gasteiger partial charge in [-0.1, -0.05) is 30.9 Å². The highest BCUT2D eigenvalue weighted by atomic mass is 19.1. The minimum absolute atomic E-state index is 0.0511. The Morgan fingerprint density at radius 1 is 1.24 bits per heavy atom. The number of pyridine rings is 1. The number of aliphatic imine (C=N–C) groups is 2. The molecule has 0 aliphatic heterocycles. The first-order chi connectivity index (χ1) is 20.2. The van der Waals surface area contributed by atoms with Gasteiger partial charge in [-0.3, -0.25) is 9.69 Å². The molecule has 3 rings (SSSR count). The van der Waals surface area contributed by atoms with Crippen LogP contribution in [0.25, 0.3) is 16.9 Å². The van der Waals surface area contributed by atoms with Crippen LogP contribution >= 0.6 is 0 Å². The van der Waals surface area contributed by atoms with Gasteiger partial charge in [0.1, 0.15) is 11.5 Å². The molecule has 2 heterocycles. The van der Waals surface area contributed by atoms with Crippen molar-refractivity contribution in [3.05, 3.63) is 96.2 Å². The van der Waals surface area contributed by atoms with Crippen molar-refractivity contribution in [3.63, 3.8) is 0 Å². The van der Waals surface area contributed by atoms with Gasteiger partial charge in [-0.15, -0.1) is 0 Å². The van der Waals surface area contributed by atoms with Gasteiger partial charge in [-0.05, 0) is 89.0 Å². The van der Waals surface area contributed by atoms with E-state index in [0.717, 1.165) is 40.3 Å². The highest BCUT2D eigenvalue weighted by Crippen LogP contribution is 2.27. The van der Waals surface area contributed by atoms with Crippen LogP contribution in [-0.2, 0) is 22.5 Å². The van der Waals surface area contributed by atoms with E-state index < -0.39 is 0 Å². The summed E-state index contributed by atoms with van der Waals surface area (Å²) in [5.74, 6) is -0.0675. The third-order valence-corrected chi connectivity index (χ3v) is 6.45. The number of aromatic nitrogens is 2. The molecule has 1 aromatic carbocycles. The van der Waals surface area contributed by atoms with Gasteiger partial charge in [0.25, 0.3) is 0 Å². The zero-order chi connectivity index (χ0) is 30.5. The Kier molecular flexibility index (Phi) is 12.4. The summed E-state index contributed by atoms with van der Waals surface area (Å²) in [6, 6.07) is 10.4. The number of halogens is 1. The van der Waals surface area contributed by atoms with E-state index in [1.165, 1.54) is 19.2 Å². The number of ether oxygens (including phenoxy) is 1. The molecule has 0 aliphatic rings. The smallest absolute Gasteiger partial charge is 0.319 e. The number of hydrogen-bond donors (Lipinski definition) is 1. The molecule has 3 aromatic rings. The third kappa shape index (κ3) is 9.62. The van der Waals surface area contributed by atoms with Gasteiger partial charge in [0, 0.05) is 30.2 Å². The van der Waals surface area contributed by atoms with Crippen molar-refractivity contribution >= 4 is 23.8 Å². The van der Waals surface area contributed by atoms with Gasteiger partial charge >= 0.3 is 5.97 Å². The fourth-order valence-electron chi connectivity index (χ4n) is 4.40. The average molecular weight is 573 g/mol. The van der Waals surface area contributed by atoms with Crippen LogP contribution in [-0.4, -0.2) is 59.2 Å². The van der Waals surface area contributed by atoms with Crippen molar-refractivity contribution in [2.24, 2.45) is 9.98 Å². The molecule has 9 heteroatoms. The number of benzene rings is 1. The SMILES string of the molecule is C=C(CCc1c(-c2ccc(F)cc2)nc2cc(CN(C)CC(=O)OC)ccn12)NC(=N[C@@H](C)C/C=C\C=C/C)/N=C\C. The number of nitrogens with zero attached hydrogens (tertiary/aromatic N) is 5. The monoisotopic (exact) mass is 572 g/mol. The second-order valence-electron chi connectivity index (χ2n) is 10.0. The molecule has 222 valence electrons. The third-order valence-electron chi connectivity index (χ3n) is 6.45. The number of nitrogens with one attached hydrogen (secondary N) is 1. The summed E-state index contributed by atoms with van der Waals surface area (Å²) in [5.41, 5.74) is 5.14. The minimum Gasteiger partial charge on any atom is -0.468 e. The molecular formula is C33H41FN6O2. The minimum atomic E-state index is -0.299. The zero-order valence-corrected chi connectivity index (χ0v) is 25.2. The lowest BCUT2D eigenvalue weighted by Crippen LogP contribution is -2.26. The van der Waals surface area contributed by atoms with Gasteiger partial charge < -0.3 is 14.5 Å². The lowest BCUT2D eigenvalue weighted by molar-refractivity contribution is -0.141. The van der Waals surface area contributed by atoms with E-state index in [9.17, 15) is 9.18 Å². The summed E-state index contributed by atoms with van der Waals surface area (Å²) in [5, 5.41) is 3.28. The molecule has 0 radical (unpaired) electrons. The maximum Gasteiger partial charge on any atom is 0.319 e. The van der Waals surface area contributed by atoms with E-state index in [1.807, 2.05) is 73.7 Å². The van der Waals surface area contributed by atoms with Crippen LogP contribution in [0.2, 0.25) is 0 Å². The number of fused-ring (bicyclic) bond motifs is 1. The highest BCUT2D eigenvalue weighted by Gasteiger charge is 2.16. The molecule has 0 saturated carbocycles. The molecular weight excluding hydrogens is 531 g/mol. The first-order valence-electron chi connectivity index (χ1n) is 14.0. The largest absolute Gasteiger partial charge is 0.468 e. The molecule has 8 nitrogen and oxygen atoms in total. The van der Waals surface area contributed by atoms with Crippen LogP contribution in [0.5, 0.6) is 0 Å². The van der Waals surface area contributed by atoms with Crippen LogP contribution in [0.4, 0.5) is 4.39 Å². The predicted octanol–water partition coefficient (Wildman–Crippen LogP) is 6.14. The second-order valence-corrected chi connectivity index (χ2v) is 10.0. The fraction of sp³-hybridized carbons (Fsp3) is 0.333. The molecule has 0 spiro atoms. The maximum absolute atomic E-state index is 13.7. The van der Waals surface area contributed by atoms with E-state index >= 15 is 0 Å². The summed E-state index contributed by atoms with van der Waals surface area (Å²) in [6.45, 7) is 10.9. The summed E-state index contributed by atoms with van der Waals surface area (Å²) in [6.07, 6.45) is 13.8. The number of methoxy groups -OCH3 is 1. The Hall–Kier alpha value is -4.37. The number of allylic oxidation sites excluding steroid dienone is 4. The molecule has 1 N–H and O–H groups in total. The molecule has 0 fully saturated rings. The van der Waals surface area contributed by atoms with Gasteiger partial charge in [0.2, 0.25) is 5.96 Å². The van der Waals surface area contributed by atoms with Crippen molar-refractivity contribution in [3.8, 4) is 11.3 Å². The number of carbonyl (C=O) groups excluding carboxylic acids is 1. The molecule has 2 aromatic heterocycles. The number of carbonyl (C=O) groups is 1. The fourth-order valence-corrected chi connectivity index (χ4v) is 4.40. The molecule has 42 heavy (non-hydrogen) atoms. The van der Waals surface area contributed by atoms with Gasteiger partial charge in [-0.2, -0.15) is 0 Å². The number of guanidine groups is 1. The van der Waals surface area contributed by atoms with Crippen LogP contribution in [0.15, 0.2) is 89.2 Å². The number of rotatable bonds is 13. The van der Waals surface area contributed by atoms with E-state index in [1.54, 1.807) is 18.3 Å². The molecule has 0 bridgehead atoms. The van der Waals surface area contributed by atoms with E-state index in [0.29, 0.717) is 25.3 Å². The van der Waals surface area contributed by atoms with Crippen LogP contribution in [0, 0.1) is 5.82 Å². The topological polar surface area (TPSA) is 83.6 Å². The molecule has 0 unspecified atom stereocenters. The average Bonchev–Trinajstić information content (AvgIpc) is 3.32. The Bertz CT molecular complexity index is 1470. The number of imidazole rings is 1. The Morgan fingerprint density at radius 2 is 2.00 bits per heavy atom. The van der Waals surface area contributed by atoms with Crippen LogP contribution < -0.4 is 5.32 Å². The quantitative estimate of drug-likeness (QED) is 0.115. The normalized spacial score (nSPS) is 13.2. The summed E-state index contributed by atoms with van der Waals surface area (Å²) in [7, 11) is 3.24. The number of esters is 1. The van der Waals surface area contributed by atoms with Gasteiger partial charge in [-0.25, -0.2) is 19.4 Å². The summed E-state index contributed by atoms with van der Waals surface area (Å²) < 4.78 is 20.5. The standard InChI is InChI=1S/C33H41FN6O2/c1-7-9-10-11-12-24(3)36-33(35-8-2)37-25(4)13-18-29-32(27-14-16-28(34)17-15-27)38-30-21-26(19-20-40(29)30)22-39(5)23-31(41)42-6/h7-11,14-17,19-21,24H,4,12-13,18,22-23H2,1-3,5-6H3,(H,36,37)/b9-7-,11-10-,35-8-/t24-/m0/s1. The van der Waals surface area contributed by atoms with E-state index in [2.05, 4.69) is 23.0 Å². The van der Waals surface area contributed by atoms with Crippen LogP contribution in [0.3, 0.4) is 0 Å². The lowest BCUT2D eigenvalue weighted by Gasteiger charge is -2.15. The van der Waals surface area contributed by atoms with Gasteiger partial charge in [0.05, 0.1) is 31.1 Å². The second kappa shape index (κ2) is 16.2. The Balaban J connectivity index is 1.82. The summed E-state index contributed by atoms with van der Waals surface area (Å²) >= 11 is 0. The van der Waals surface area contributed by atoms with E-state index in [4.69, 9.17) is 14.7 Å². The van der Waals surface area contributed by atoms with Crippen molar-refractivity contribution in [1.82, 2.24) is 19.6 Å². The van der Waals surface area contributed by atoms with Crippen LogP contribution in [0.1, 0.15) is 44.9 Å². The van der Waals surface area contributed by atoms with Crippen molar-refractivity contribution in [2.75, 3.05) is 20.7 Å². The first kappa shape index (κ1) is 32.1. The Labute approximate surface area is 248 Å². The molecule has 0 amide bonds. The number of likely N-dealkylation sites (N-methyl/N-ethyl adjacent to an activating group) is 1. The summed E-state index contributed by atoms with van der Waals surface area (Å²) in [4.78, 5) is 27.6. The van der Waals surface area contributed by atoms with Gasteiger partial charge in [0.15, 0.2) is 0 Å². The van der Waals surface area contributed by atoms with Crippen molar-refractivity contribution in [1.29, 1.82) is 0 Å². The molecule has 0 saturated heterocycles.